The predicted octanol–water partition coefficient (Wildman–Crippen LogP) is 2.09. The van der Waals surface area contributed by atoms with Crippen LogP contribution < -0.4 is 4.90 Å². The maximum absolute atomic E-state index is 12.7. The Labute approximate surface area is 157 Å². The number of aromatic nitrogens is 2. The van der Waals surface area contributed by atoms with Gasteiger partial charge in [0, 0.05) is 30.9 Å². The second-order valence-electron chi connectivity index (χ2n) is 6.61. The van der Waals surface area contributed by atoms with E-state index in [9.17, 15) is 4.79 Å². The van der Waals surface area contributed by atoms with Gasteiger partial charge in [0.2, 0.25) is 11.9 Å². The van der Waals surface area contributed by atoms with Crippen LogP contribution in [0.3, 0.4) is 0 Å². The van der Waals surface area contributed by atoms with Gasteiger partial charge in [-0.3, -0.25) is 4.79 Å². The van der Waals surface area contributed by atoms with Gasteiger partial charge < -0.3 is 14.5 Å². The molecule has 7 heteroatoms. The zero-order valence-electron chi connectivity index (χ0n) is 14.5. The van der Waals surface area contributed by atoms with Crippen molar-refractivity contribution in [2.24, 2.45) is 0 Å². The zero-order valence-corrected chi connectivity index (χ0v) is 15.3. The third kappa shape index (κ3) is 3.81. The van der Waals surface area contributed by atoms with E-state index in [1.54, 1.807) is 0 Å². The lowest BCUT2D eigenvalue weighted by Gasteiger charge is -2.30. The molecule has 0 saturated carbocycles. The first-order chi connectivity index (χ1) is 12.7. The normalized spacial score (nSPS) is 17.1. The minimum Gasteiger partial charge on any atom is -0.378 e. The SMILES string of the molecule is O=C(Cc1ccc(Cl)cc1)N1CCc2cnc(N3CCOCC3)nc2C1. The number of carbonyl (C=O) groups excluding carboxylic acids is 1. The van der Waals surface area contributed by atoms with Gasteiger partial charge in [-0.05, 0) is 29.7 Å². The van der Waals surface area contributed by atoms with E-state index in [1.165, 1.54) is 0 Å². The van der Waals surface area contributed by atoms with Crippen LogP contribution >= 0.6 is 11.6 Å². The van der Waals surface area contributed by atoms with Crippen molar-refractivity contribution in [1.82, 2.24) is 14.9 Å². The summed E-state index contributed by atoms with van der Waals surface area (Å²) in [5, 5.41) is 0.681. The number of anilines is 1. The number of amides is 1. The van der Waals surface area contributed by atoms with E-state index in [2.05, 4.69) is 9.88 Å². The lowest BCUT2D eigenvalue weighted by Crippen LogP contribution is -2.39. The van der Waals surface area contributed by atoms with Gasteiger partial charge >= 0.3 is 0 Å². The fourth-order valence-corrected chi connectivity index (χ4v) is 3.44. The molecule has 2 aliphatic rings. The fourth-order valence-electron chi connectivity index (χ4n) is 3.31. The van der Waals surface area contributed by atoms with Crippen LogP contribution in [0.15, 0.2) is 30.5 Å². The van der Waals surface area contributed by atoms with Gasteiger partial charge in [0.1, 0.15) is 0 Å². The van der Waals surface area contributed by atoms with Crippen molar-refractivity contribution < 1.29 is 9.53 Å². The molecule has 6 nitrogen and oxygen atoms in total. The van der Waals surface area contributed by atoms with Crippen LogP contribution in [0.25, 0.3) is 0 Å². The first-order valence-corrected chi connectivity index (χ1v) is 9.26. The third-order valence-electron chi connectivity index (χ3n) is 4.85. The largest absolute Gasteiger partial charge is 0.378 e. The van der Waals surface area contributed by atoms with E-state index in [-0.39, 0.29) is 5.91 Å². The smallest absolute Gasteiger partial charge is 0.227 e. The molecule has 0 aliphatic carbocycles. The molecule has 0 radical (unpaired) electrons. The Morgan fingerprint density at radius 1 is 1.15 bits per heavy atom. The van der Waals surface area contributed by atoms with Crippen molar-refractivity contribution in [3.05, 3.63) is 52.3 Å². The zero-order chi connectivity index (χ0) is 17.9. The van der Waals surface area contributed by atoms with Crippen LogP contribution in [0, 0.1) is 0 Å². The minimum absolute atomic E-state index is 0.115. The van der Waals surface area contributed by atoms with Gasteiger partial charge in [0.25, 0.3) is 0 Å². The Bertz CT molecular complexity index is 791. The number of rotatable bonds is 3. The van der Waals surface area contributed by atoms with Gasteiger partial charge in [-0.15, -0.1) is 0 Å². The molecule has 136 valence electrons. The van der Waals surface area contributed by atoms with E-state index in [1.807, 2.05) is 35.4 Å². The monoisotopic (exact) mass is 372 g/mol. The molecule has 1 saturated heterocycles. The van der Waals surface area contributed by atoms with Crippen LogP contribution in [0.5, 0.6) is 0 Å². The summed E-state index contributed by atoms with van der Waals surface area (Å²) in [6.07, 6.45) is 3.09. The highest BCUT2D eigenvalue weighted by Crippen LogP contribution is 2.21. The van der Waals surface area contributed by atoms with Gasteiger partial charge in [-0.1, -0.05) is 23.7 Å². The lowest BCUT2D eigenvalue weighted by atomic mass is 10.1. The van der Waals surface area contributed by atoms with Gasteiger partial charge in [0.15, 0.2) is 0 Å². The molecule has 0 spiro atoms. The predicted molar refractivity (Wildman–Crippen MR) is 99.3 cm³/mol. The summed E-state index contributed by atoms with van der Waals surface area (Å²) in [4.78, 5) is 25.9. The first kappa shape index (κ1) is 17.2. The number of halogens is 1. The van der Waals surface area contributed by atoms with E-state index >= 15 is 0 Å². The van der Waals surface area contributed by atoms with Crippen LogP contribution in [-0.2, 0) is 28.9 Å². The second-order valence-corrected chi connectivity index (χ2v) is 7.05. The molecule has 2 aromatic rings. The molecule has 4 rings (SSSR count). The van der Waals surface area contributed by atoms with Gasteiger partial charge in [-0.25, -0.2) is 9.97 Å². The molecule has 1 aromatic heterocycles. The van der Waals surface area contributed by atoms with Crippen molar-refractivity contribution in [3.63, 3.8) is 0 Å². The Balaban J connectivity index is 1.45. The quantitative estimate of drug-likeness (QED) is 0.825. The number of benzene rings is 1. The molecule has 1 fully saturated rings. The van der Waals surface area contributed by atoms with Crippen LogP contribution in [-0.4, -0.2) is 53.6 Å². The summed E-state index contributed by atoms with van der Waals surface area (Å²) in [5.41, 5.74) is 3.07. The molecule has 0 atom stereocenters. The van der Waals surface area contributed by atoms with E-state index in [0.29, 0.717) is 37.7 Å². The molecule has 3 heterocycles. The minimum atomic E-state index is 0.115. The highest BCUT2D eigenvalue weighted by atomic mass is 35.5. The Kier molecular flexibility index (Phi) is 5.04. The van der Waals surface area contributed by atoms with Gasteiger partial charge in [0.05, 0.1) is 31.9 Å². The van der Waals surface area contributed by atoms with Crippen molar-refractivity contribution in [2.75, 3.05) is 37.7 Å². The van der Waals surface area contributed by atoms with Crippen molar-refractivity contribution in [1.29, 1.82) is 0 Å². The Morgan fingerprint density at radius 3 is 2.69 bits per heavy atom. The number of morpholine rings is 1. The van der Waals surface area contributed by atoms with Crippen LogP contribution in [0.2, 0.25) is 5.02 Å². The van der Waals surface area contributed by atoms with E-state index in [0.717, 1.165) is 42.3 Å². The average Bonchev–Trinajstić information content (AvgIpc) is 2.69. The molecule has 0 unspecified atom stereocenters. The summed E-state index contributed by atoms with van der Waals surface area (Å²) < 4.78 is 5.39. The Morgan fingerprint density at radius 2 is 1.92 bits per heavy atom. The molecule has 26 heavy (non-hydrogen) atoms. The molecule has 1 aromatic carbocycles. The fraction of sp³-hybridized carbons (Fsp3) is 0.421. The molecule has 0 N–H and O–H groups in total. The molecular weight excluding hydrogens is 352 g/mol. The number of hydrogen-bond donors (Lipinski definition) is 0. The Hall–Kier alpha value is -2.18. The average molecular weight is 373 g/mol. The number of hydrogen-bond acceptors (Lipinski definition) is 5. The summed E-state index contributed by atoms with van der Waals surface area (Å²) in [7, 11) is 0. The number of nitrogens with zero attached hydrogens (tertiary/aromatic N) is 4. The molecule has 2 aliphatic heterocycles. The van der Waals surface area contributed by atoms with Crippen molar-refractivity contribution in [2.45, 2.75) is 19.4 Å². The molecular formula is C19H21ClN4O2. The molecule has 1 amide bonds. The standard InChI is InChI=1S/C19H21ClN4O2/c20-16-3-1-14(2-4-16)11-18(25)24-6-5-15-12-21-19(22-17(15)13-24)23-7-9-26-10-8-23/h1-4,12H,5-11,13H2. The number of ether oxygens (including phenoxy) is 1. The van der Waals surface area contributed by atoms with Gasteiger partial charge in [-0.2, -0.15) is 0 Å². The van der Waals surface area contributed by atoms with E-state index in [4.69, 9.17) is 21.3 Å². The van der Waals surface area contributed by atoms with Crippen molar-refractivity contribution in [3.8, 4) is 0 Å². The summed E-state index contributed by atoms with van der Waals surface area (Å²) in [6.45, 7) is 4.26. The highest BCUT2D eigenvalue weighted by Gasteiger charge is 2.24. The lowest BCUT2D eigenvalue weighted by molar-refractivity contribution is -0.131. The third-order valence-corrected chi connectivity index (χ3v) is 5.10. The maximum atomic E-state index is 12.7. The summed E-state index contributed by atoms with van der Waals surface area (Å²) in [5.74, 6) is 0.851. The maximum Gasteiger partial charge on any atom is 0.227 e. The topological polar surface area (TPSA) is 58.6 Å². The number of fused-ring (bicyclic) bond motifs is 1. The van der Waals surface area contributed by atoms with Crippen molar-refractivity contribution >= 4 is 23.5 Å². The van der Waals surface area contributed by atoms with Crippen LogP contribution in [0.1, 0.15) is 16.8 Å². The highest BCUT2D eigenvalue weighted by molar-refractivity contribution is 6.30. The molecule has 0 bridgehead atoms. The van der Waals surface area contributed by atoms with Crippen LogP contribution in [0.4, 0.5) is 5.95 Å². The first-order valence-electron chi connectivity index (χ1n) is 8.89. The number of carbonyl (C=O) groups is 1. The summed E-state index contributed by atoms with van der Waals surface area (Å²) in [6, 6.07) is 7.43. The second kappa shape index (κ2) is 7.60. The summed E-state index contributed by atoms with van der Waals surface area (Å²) >= 11 is 5.91. The van der Waals surface area contributed by atoms with E-state index < -0.39 is 0 Å².